The molecule has 0 atom stereocenters. The van der Waals surface area contributed by atoms with Gasteiger partial charge in [0.05, 0.1) is 5.56 Å². The van der Waals surface area contributed by atoms with Gasteiger partial charge in [-0.1, -0.05) is 29.5 Å². The summed E-state index contributed by atoms with van der Waals surface area (Å²) < 4.78 is 37.6. The summed E-state index contributed by atoms with van der Waals surface area (Å²) in [6.45, 7) is 1.96. The van der Waals surface area contributed by atoms with Gasteiger partial charge in [0.2, 0.25) is 0 Å². The molecular formula is C14H12F3NS. The molecule has 0 aliphatic rings. The van der Waals surface area contributed by atoms with Crippen LogP contribution in [0.15, 0.2) is 52.3 Å². The van der Waals surface area contributed by atoms with E-state index in [2.05, 4.69) is 0 Å². The molecule has 19 heavy (non-hydrogen) atoms. The highest BCUT2D eigenvalue weighted by atomic mass is 32.2. The number of nitrogens with two attached hydrogens (primary N) is 1. The van der Waals surface area contributed by atoms with Crippen molar-refractivity contribution < 1.29 is 13.2 Å². The fourth-order valence-electron chi connectivity index (χ4n) is 1.62. The highest BCUT2D eigenvalue weighted by Crippen LogP contribution is 2.37. The number of hydrogen-bond donors (Lipinski definition) is 1. The predicted octanol–water partition coefficient (Wildman–Crippen LogP) is 4.75. The van der Waals surface area contributed by atoms with E-state index in [0.29, 0.717) is 4.90 Å². The number of anilines is 1. The molecule has 0 spiro atoms. The third kappa shape index (κ3) is 3.44. The van der Waals surface area contributed by atoms with E-state index < -0.39 is 11.7 Å². The summed E-state index contributed by atoms with van der Waals surface area (Å²) in [5.74, 6) is 0. The first kappa shape index (κ1) is 13.8. The van der Waals surface area contributed by atoms with Crippen molar-refractivity contribution in [2.24, 2.45) is 0 Å². The maximum absolute atomic E-state index is 12.5. The lowest BCUT2D eigenvalue weighted by atomic mass is 10.2. The van der Waals surface area contributed by atoms with Gasteiger partial charge in [0, 0.05) is 15.5 Å². The zero-order chi connectivity index (χ0) is 14.0. The second kappa shape index (κ2) is 5.17. The van der Waals surface area contributed by atoms with E-state index in [9.17, 15) is 13.2 Å². The molecule has 2 aromatic carbocycles. The first-order valence-electron chi connectivity index (χ1n) is 5.57. The van der Waals surface area contributed by atoms with Gasteiger partial charge in [0.15, 0.2) is 0 Å². The second-order valence-electron chi connectivity index (χ2n) is 4.17. The largest absolute Gasteiger partial charge is 0.416 e. The number of hydrogen-bond acceptors (Lipinski definition) is 2. The van der Waals surface area contributed by atoms with Crippen LogP contribution < -0.4 is 5.73 Å². The van der Waals surface area contributed by atoms with Crippen molar-refractivity contribution >= 4 is 17.4 Å². The lowest BCUT2D eigenvalue weighted by molar-refractivity contribution is -0.137. The number of alkyl halides is 3. The van der Waals surface area contributed by atoms with Crippen molar-refractivity contribution in [3.8, 4) is 0 Å². The van der Waals surface area contributed by atoms with Gasteiger partial charge in [-0.05, 0) is 37.3 Å². The topological polar surface area (TPSA) is 26.0 Å². The molecule has 0 unspecified atom stereocenters. The smallest absolute Gasteiger partial charge is 0.398 e. The molecule has 5 heteroatoms. The highest BCUT2D eigenvalue weighted by Gasteiger charge is 2.30. The number of benzene rings is 2. The molecule has 0 saturated carbocycles. The van der Waals surface area contributed by atoms with Gasteiger partial charge in [0.25, 0.3) is 0 Å². The van der Waals surface area contributed by atoms with Gasteiger partial charge < -0.3 is 5.73 Å². The van der Waals surface area contributed by atoms with Crippen LogP contribution in [0.2, 0.25) is 0 Å². The van der Waals surface area contributed by atoms with Crippen LogP contribution in [0, 0.1) is 6.92 Å². The van der Waals surface area contributed by atoms with Crippen molar-refractivity contribution in [3.63, 3.8) is 0 Å². The van der Waals surface area contributed by atoms with Crippen LogP contribution >= 0.6 is 11.8 Å². The Labute approximate surface area is 113 Å². The van der Waals surface area contributed by atoms with Gasteiger partial charge in [-0.2, -0.15) is 13.2 Å². The van der Waals surface area contributed by atoms with Crippen LogP contribution in [0.25, 0.3) is 0 Å². The summed E-state index contributed by atoms with van der Waals surface area (Å²) in [5, 5.41) is 0. The normalized spacial score (nSPS) is 11.6. The van der Waals surface area contributed by atoms with Gasteiger partial charge in [-0.25, -0.2) is 0 Å². The molecule has 0 aromatic heterocycles. The zero-order valence-corrected chi connectivity index (χ0v) is 11.0. The van der Waals surface area contributed by atoms with Crippen molar-refractivity contribution in [1.82, 2.24) is 0 Å². The molecule has 0 amide bonds. The molecule has 2 N–H and O–H groups in total. The molecule has 0 bridgehead atoms. The quantitative estimate of drug-likeness (QED) is 0.805. The van der Waals surface area contributed by atoms with E-state index in [1.165, 1.54) is 17.8 Å². The third-order valence-corrected chi connectivity index (χ3v) is 3.64. The second-order valence-corrected chi connectivity index (χ2v) is 5.28. The molecule has 2 rings (SSSR count). The Morgan fingerprint density at radius 2 is 1.79 bits per heavy atom. The Bertz CT molecular complexity index is 593. The van der Waals surface area contributed by atoms with E-state index >= 15 is 0 Å². The van der Waals surface area contributed by atoms with Crippen LogP contribution in [0.3, 0.4) is 0 Å². The lowest BCUT2D eigenvalue weighted by Gasteiger charge is -2.10. The fourth-order valence-corrected chi connectivity index (χ4v) is 2.58. The van der Waals surface area contributed by atoms with E-state index in [1.807, 2.05) is 31.2 Å². The van der Waals surface area contributed by atoms with Crippen LogP contribution in [0.5, 0.6) is 0 Å². The molecule has 2 aromatic rings. The summed E-state index contributed by atoms with van der Waals surface area (Å²) in [5.41, 5.74) is 6.19. The first-order valence-corrected chi connectivity index (χ1v) is 6.39. The summed E-state index contributed by atoms with van der Waals surface area (Å²) in [6.07, 6.45) is -4.36. The van der Waals surface area contributed by atoms with Crippen LogP contribution in [-0.4, -0.2) is 0 Å². The molecule has 0 aliphatic carbocycles. The Kier molecular flexibility index (Phi) is 3.75. The molecule has 0 fully saturated rings. The van der Waals surface area contributed by atoms with E-state index in [1.54, 1.807) is 0 Å². The summed E-state index contributed by atoms with van der Waals surface area (Å²) in [6, 6.07) is 11.1. The third-order valence-electron chi connectivity index (χ3n) is 2.55. The summed E-state index contributed by atoms with van der Waals surface area (Å²) in [4.78, 5) is 1.57. The average Bonchev–Trinajstić information content (AvgIpc) is 2.30. The predicted molar refractivity (Wildman–Crippen MR) is 71.2 cm³/mol. The van der Waals surface area contributed by atoms with Crippen molar-refractivity contribution in [3.05, 3.63) is 53.6 Å². The highest BCUT2D eigenvalue weighted by molar-refractivity contribution is 7.99. The first-order chi connectivity index (χ1) is 8.86. The SMILES string of the molecule is Cc1cccc(Sc2ccc(C(F)(F)F)cc2N)c1. The lowest BCUT2D eigenvalue weighted by Crippen LogP contribution is -2.05. The molecular weight excluding hydrogens is 271 g/mol. The van der Waals surface area contributed by atoms with Crippen molar-refractivity contribution in [2.45, 2.75) is 22.9 Å². The Morgan fingerprint density at radius 1 is 1.05 bits per heavy atom. The van der Waals surface area contributed by atoms with Crippen LogP contribution in [-0.2, 0) is 6.18 Å². The van der Waals surface area contributed by atoms with E-state index in [0.717, 1.165) is 22.6 Å². The number of rotatable bonds is 2. The standard InChI is InChI=1S/C14H12F3NS/c1-9-3-2-4-11(7-9)19-13-6-5-10(8-12(13)18)14(15,16)17/h2-8H,18H2,1H3. The minimum absolute atomic E-state index is 0.140. The number of halogens is 3. The van der Waals surface area contributed by atoms with Crippen molar-refractivity contribution in [1.29, 1.82) is 0 Å². The Morgan fingerprint density at radius 3 is 2.37 bits per heavy atom. The van der Waals surface area contributed by atoms with Gasteiger partial charge in [0.1, 0.15) is 0 Å². The average molecular weight is 283 g/mol. The maximum atomic E-state index is 12.5. The maximum Gasteiger partial charge on any atom is 0.416 e. The monoisotopic (exact) mass is 283 g/mol. The number of nitrogen functional groups attached to an aromatic ring is 1. The zero-order valence-electron chi connectivity index (χ0n) is 10.2. The Hall–Kier alpha value is -1.62. The summed E-state index contributed by atoms with van der Waals surface area (Å²) in [7, 11) is 0. The molecule has 0 heterocycles. The van der Waals surface area contributed by atoms with Crippen LogP contribution in [0.1, 0.15) is 11.1 Å². The molecule has 100 valence electrons. The molecule has 0 radical (unpaired) electrons. The van der Waals surface area contributed by atoms with Gasteiger partial charge in [-0.3, -0.25) is 0 Å². The minimum atomic E-state index is -4.36. The Balaban J connectivity index is 2.27. The minimum Gasteiger partial charge on any atom is -0.398 e. The molecule has 1 nitrogen and oxygen atoms in total. The van der Waals surface area contributed by atoms with Crippen molar-refractivity contribution in [2.75, 3.05) is 5.73 Å². The number of aryl methyl sites for hydroxylation is 1. The van der Waals surface area contributed by atoms with E-state index in [-0.39, 0.29) is 5.69 Å². The fraction of sp³-hybridized carbons (Fsp3) is 0.143. The van der Waals surface area contributed by atoms with Crippen LogP contribution in [0.4, 0.5) is 18.9 Å². The molecule has 0 aliphatic heterocycles. The van der Waals surface area contributed by atoms with Gasteiger partial charge >= 0.3 is 6.18 Å². The molecule has 0 saturated heterocycles. The summed E-state index contributed by atoms with van der Waals surface area (Å²) >= 11 is 1.36. The van der Waals surface area contributed by atoms with Gasteiger partial charge in [-0.15, -0.1) is 0 Å². The van der Waals surface area contributed by atoms with E-state index in [4.69, 9.17) is 5.73 Å².